The Morgan fingerprint density at radius 3 is 2.20 bits per heavy atom. The molecule has 0 aromatic rings. The van der Waals surface area contributed by atoms with Gasteiger partial charge in [0.1, 0.15) is 36.1 Å². The number of aliphatic hydroxyl groups is 6. The van der Waals surface area contributed by atoms with Crippen LogP contribution in [-0.2, 0) is 18.9 Å². The minimum Gasteiger partial charge on any atom is -0.393 e. The highest BCUT2D eigenvalue weighted by molar-refractivity contribution is 5.02. The maximum absolute atomic E-state index is 10.6. The maximum atomic E-state index is 10.6. The number of rotatable bonds is 20. The van der Waals surface area contributed by atoms with Crippen molar-refractivity contribution in [1.82, 2.24) is 0 Å². The van der Waals surface area contributed by atoms with Crippen LogP contribution in [0.2, 0.25) is 0 Å². The molecule has 0 aliphatic carbocycles. The van der Waals surface area contributed by atoms with Crippen LogP contribution in [0.15, 0.2) is 24.3 Å². The van der Waals surface area contributed by atoms with E-state index in [4.69, 9.17) is 18.9 Å². The summed E-state index contributed by atoms with van der Waals surface area (Å²) in [6.45, 7) is 8.70. The summed E-state index contributed by atoms with van der Waals surface area (Å²) in [5, 5.41) is 61.0. The fourth-order valence-electron chi connectivity index (χ4n) is 5.17. The van der Waals surface area contributed by atoms with Gasteiger partial charge in [0, 0.05) is 0 Å². The third kappa shape index (κ3) is 11.3. The van der Waals surface area contributed by atoms with Gasteiger partial charge in [0.25, 0.3) is 0 Å². The van der Waals surface area contributed by atoms with E-state index in [1.165, 1.54) is 63.4 Å². The number of allylic oxidation sites excluding steroid dienone is 2. The third-order valence-corrected chi connectivity index (χ3v) is 8.30. The first kappa shape index (κ1) is 36.3. The van der Waals surface area contributed by atoms with Gasteiger partial charge in [-0.05, 0) is 39.5 Å². The second-order valence-electron chi connectivity index (χ2n) is 12.0. The lowest BCUT2D eigenvalue weighted by molar-refractivity contribution is -0.326. The maximum Gasteiger partial charge on any atom is 0.187 e. The zero-order chi connectivity index (χ0) is 30.5. The van der Waals surface area contributed by atoms with Crippen LogP contribution >= 0.6 is 0 Å². The van der Waals surface area contributed by atoms with Crippen molar-refractivity contribution >= 4 is 0 Å². The Hall–Kier alpha value is -0.920. The van der Waals surface area contributed by atoms with Gasteiger partial charge in [-0.3, -0.25) is 0 Å². The minimum atomic E-state index is -1.86. The summed E-state index contributed by atoms with van der Waals surface area (Å²) < 4.78 is 22.5. The predicted octanol–water partition coefficient (Wildman–Crippen LogP) is 2.86. The first-order valence-corrected chi connectivity index (χ1v) is 15.4. The molecule has 0 radical (unpaired) electrons. The average Bonchev–Trinajstić information content (AvgIpc) is 3.25. The van der Waals surface area contributed by atoms with E-state index in [1.54, 1.807) is 6.08 Å². The number of aliphatic hydroxyl groups excluding tert-OH is 5. The van der Waals surface area contributed by atoms with Crippen LogP contribution in [0, 0.1) is 0 Å². The number of hydrogen-bond donors (Lipinski definition) is 6. The lowest BCUT2D eigenvalue weighted by Gasteiger charge is -2.43. The molecular formula is C31H56O10. The van der Waals surface area contributed by atoms with E-state index in [9.17, 15) is 30.6 Å². The van der Waals surface area contributed by atoms with Crippen molar-refractivity contribution in [3.05, 3.63) is 24.3 Å². The number of hydrogen-bond acceptors (Lipinski definition) is 10. The Bertz CT molecular complexity index is 778. The standard InChI is InChI=1S/C31H56O10/c1-5-7-8-9-10-11-12-13-14-16-22(3)17-15-18-30(4,6-2)41-28-26(35)25(34)24(33)23(40-28)19-38-29-27(36)31(37,20-32)21-39-29/h6,17,23-29,32-37H,2,5,7-16,18-21H2,1,3-4H3/b22-17+/t23-,24-,25+,26-,27+,28+,29-,30?,31-/m1/s1. The molecule has 9 atom stereocenters. The molecule has 1 unspecified atom stereocenters. The molecule has 0 bridgehead atoms. The van der Waals surface area contributed by atoms with Gasteiger partial charge in [-0.15, -0.1) is 6.58 Å². The molecule has 41 heavy (non-hydrogen) atoms. The van der Waals surface area contributed by atoms with Crippen molar-refractivity contribution in [1.29, 1.82) is 0 Å². The highest BCUT2D eigenvalue weighted by Crippen LogP contribution is 2.31. The topological polar surface area (TPSA) is 158 Å². The zero-order valence-corrected chi connectivity index (χ0v) is 25.3. The van der Waals surface area contributed by atoms with Crippen molar-refractivity contribution in [2.24, 2.45) is 0 Å². The van der Waals surface area contributed by atoms with Crippen LogP contribution in [0.4, 0.5) is 0 Å². The normalized spacial score (nSPS) is 34.1. The van der Waals surface area contributed by atoms with Gasteiger partial charge >= 0.3 is 0 Å². The van der Waals surface area contributed by atoms with Crippen molar-refractivity contribution in [3.63, 3.8) is 0 Å². The fourth-order valence-corrected chi connectivity index (χ4v) is 5.17. The van der Waals surface area contributed by atoms with Crippen molar-refractivity contribution in [3.8, 4) is 0 Å². The highest BCUT2D eigenvalue weighted by Gasteiger charge is 2.50. The van der Waals surface area contributed by atoms with E-state index in [1.807, 2.05) is 6.92 Å². The fraction of sp³-hybridized carbons (Fsp3) is 0.871. The molecule has 0 spiro atoms. The third-order valence-electron chi connectivity index (χ3n) is 8.30. The van der Waals surface area contributed by atoms with Crippen LogP contribution in [0.1, 0.15) is 97.8 Å². The zero-order valence-electron chi connectivity index (χ0n) is 25.3. The van der Waals surface area contributed by atoms with E-state index >= 15 is 0 Å². The van der Waals surface area contributed by atoms with Crippen LogP contribution in [0.3, 0.4) is 0 Å². The molecule has 10 nitrogen and oxygen atoms in total. The molecule has 0 amide bonds. The quantitative estimate of drug-likeness (QED) is 0.0923. The molecule has 2 aliphatic rings. The lowest BCUT2D eigenvalue weighted by atomic mass is 9.96. The molecule has 0 aromatic carbocycles. The minimum absolute atomic E-state index is 0.332. The van der Waals surface area contributed by atoms with E-state index in [0.29, 0.717) is 6.42 Å². The number of unbranched alkanes of at least 4 members (excludes halogenated alkanes) is 8. The van der Waals surface area contributed by atoms with Crippen LogP contribution in [-0.4, -0.2) is 105 Å². The smallest absolute Gasteiger partial charge is 0.187 e. The molecule has 6 N–H and O–H groups in total. The Morgan fingerprint density at radius 1 is 0.976 bits per heavy atom. The van der Waals surface area contributed by atoms with Crippen molar-refractivity contribution in [2.75, 3.05) is 19.8 Å². The van der Waals surface area contributed by atoms with Crippen LogP contribution < -0.4 is 0 Å². The Labute approximate surface area is 246 Å². The van der Waals surface area contributed by atoms with E-state index in [-0.39, 0.29) is 13.2 Å². The summed E-state index contributed by atoms with van der Waals surface area (Å²) in [5.41, 5.74) is -1.41. The number of ether oxygens (including phenoxy) is 4. The van der Waals surface area contributed by atoms with Gasteiger partial charge in [0.2, 0.25) is 0 Å². The van der Waals surface area contributed by atoms with Gasteiger partial charge < -0.3 is 49.6 Å². The monoisotopic (exact) mass is 588 g/mol. The average molecular weight is 589 g/mol. The van der Waals surface area contributed by atoms with Gasteiger partial charge in [0.15, 0.2) is 12.6 Å². The summed E-state index contributed by atoms with van der Waals surface area (Å²) >= 11 is 0. The molecule has 2 heterocycles. The Kier molecular flexibility index (Phi) is 15.9. The van der Waals surface area contributed by atoms with Crippen molar-refractivity contribution in [2.45, 2.75) is 152 Å². The Morgan fingerprint density at radius 2 is 1.61 bits per heavy atom. The largest absolute Gasteiger partial charge is 0.393 e. The molecule has 0 saturated carbocycles. The lowest BCUT2D eigenvalue weighted by Crippen LogP contribution is -2.61. The molecule has 10 heteroatoms. The summed E-state index contributed by atoms with van der Waals surface area (Å²) in [6.07, 6.45) is 8.13. The molecule has 0 aromatic heterocycles. The first-order chi connectivity index (χ1) is 19.5. The Balaban J connectivity index is 1.80. The molecular weight excluding hydrogens is 532 g/mol. The molecule has 2 aliphatic heterocycles. The molecule has 2 rings (SSSR count). The van der Waals surface area contributed by atoms with E-state index in [2.05, 4.69) is 26.5 Å². The van der Waals surface area contributed by atoms with Gasteiger partial charge in [-0.1, -0.05) is 76.0 Å². The summed E-state index contributed by atoms with van der Waals surface area (Å²) in [6, 6.07) is 0. The van der Waals surface area contributed by atoms with Crippen molar-refractivity contribution < 1.29 is 49.6 Å². The summed E-state index contributed by atoms with van der Waals surface area (Å²) in [7, 11) is 0. The van der Waals surface area contributed by atoms with Gasteiger partial charge in [0.05, 0.1) is 25.4 Å². The summed E-state index contributed by atoms with van der Waals surface area (Å²) in [4.78, 5) is 0. The van der Waals surface area contributed by atoms with E-state index < -0.39 is 60.9 Å². The second kappa shape index (κ2) is 18.0. The van der Waals surface area contributed by atoms with Gasteiger partial charge in [-0.25, -0.2) is 0 Å². The summed E-state index contributed by atoms with van der Waals surface area (Å²) in [5.74, 6) is 0. The molecule has 2 fully saturated rings. The molecule has 240 valence electrons. The molecule has 2 saturated heterocycles. The van der Waals surface area contributed by atoms with Gasteiger partial charge in [-0.2, -0.15) is 0 Å². The van der Waals surface area contributed by atoms with E-state index in [0.717, 1.165) is 12.8 Å². The highest BCUT2D eigenvalue weighted by atomic mass is 16.7. The van der Waals surface area contributed by atoms with Crippen LogP contribution in [0.25, 0.3) is 0 Å². The first-order valence-electron chi connectivity index (χ1n) is 15.4. The second-order valence-corrected chi connectivity index (χ2v) is 12.0. The predicted molar refractivity (Wildman–Crippen MR) is 155 cm³/mol. The van der Waals surface area contributed by atoms with Crippen LogP contribution in [0.5, 0.6) is 0 Å². The SMILES string of the molecule is C=CC(C)(CC/C=C(\C)CCCCCCCCCCC)O[C@@H]1O[C@H](CO[C@@H]2OC[C@](O)(CO)[C@H]2O)[C@@H](O)[C@H](O)[C@H]1O.